The van der Waals surface area contributed by atoms with Gasteiger partial charge in [-0.2, -0.15) is 0 Å². The Bertz CT molecular complexity index is 879. The van der Waals surface area contributed by atoms with Crippen molar-refractivity contribution in [3.05, 3.63) is 42.1 Å². The number of aliphatic hydroxyl groups is 1. The fourth-order valence-electron chi connectivity index (χ4n) is 3.15. The van der Waals surface area contributed by atoms with Crippen LogP contribution in [0, 0.1) is 5.92 Å². The minimum absolute atomic E-state index is 0.00273. The lowest BCUT2D eigenvalue weighted by Gasteiger charge is -2.20. The molecule has 0 aliphatic carbocycles. The van der Waals surface area contributed by atoms with Crippen LogP contribution < -0.4 is 10.0 Å². The first-order valence-corrected chi connectivity index (χ1v) is 10.3. The van der Waals surface area contributed by atoms with Crippen molar-refractivity contribution in [1.29, 1.82) is 0 Å². The lowest BCUT2D eigenvalue weighted by Crippen LogP contribution is -2.41. The summed E-state index contributed by atoms with van der Waals surface area (Å²) in [7, 11) is -3.67. The smallest absolute Gasteiger partial charge is 0.240 e. The Morgan fingerprint density at radius 1 is 1.27 bits per heavy atom. The molecular formula is C19H25N3O3S. The second-order valence-corrected chi connectivity index (χ2v) is 8.83. The number of anilines is 1. The van der Waals surface area contributed by atoms with Crippen LogP contribution in [0.2, 0.25) is 0 Å². The van der Waals surface area contributed by atoms with Crippen LogP contribution in [0.4, 0.5) is 5.82 Å². The molecule has 0 amide bonds. The Morgan fingerprint density at radius 3 is 2.58 bits per heavy atom. The van der Waals surface area contributed by atoms with E-state index in [9.17, 15) is 13.5 Å². The third-order valence-corrected chi connectivity index (χ3v) is 6.24. The minimum atomic E-state index is -3.67. The Morgan fingerprint density at radius 2 is 1.96 bits per heavy atom. The summed E-state index contributed by atoms with van der Waals surface area (Å²) < 4.78 is 27.7. The summed E-state index contributed by atoms with van der Waals surface area (Å²) in [5.41, 5.74) is 3.19. The maximum absolute atomic E-state index is 12.5. The minimum Gasteiger partial charge on any atom is -0.395 e. The second-order valence-electron chi connectivity index (χ2n) is 7.11. The van der Waals surface area contributed by atoms with Gasteiger partial charge in [-0.05, 0) is 48.6 Å². The van der Waals surface area contributed by atoms with Crippen molar-refractivity contribution in [3.8, 4) is 11.1 Å². The number of aliphatic hydroxyl groups excluding tert-OH is 1. The fraction of sp³-hybridized carbons (Fsp3) is 0.421. The second kappa shape index (κ2) is 7.34. The first-order chi connectivity index (χ1) is 12.3. The molecule has 0 bridgehead atoms. The SMILES string of the molecule is CC1Cc2c(-c3ccc(S(=O)(=O)N[C@@H](CO)C(C)C)cc3)ccnc2N1. The maximum Gasteiger partial charge on any atom is 0.240 e. The van der Waals surface area contributed by atoms with E-state index in [1.165, 1.54) is 0 Å². The number of sulfonamides is 1. The quantitative estimate of drug-likeness (QED) is 0.721. The molecule has 7 heteroatoms. The average molecular weight is 375 g/mol. The molecule has 1 aliphatic heterocycles. The molecule has 3 N–H and O–H groups in total. The Hall–Kier alpha value is -1.96. The Kier molecular flexibility index (Phi) is 5.32. The van der Waals surface area contributed by atoms with Gasteiger partial charge in [0, 0.05) is 23.8 Å². The van der Waals surface area contributed by atoms with E-state index in [1.54, 1.807) is 18.3 Å². The van der Waals surface area contributed by atoms with Gasteiger partial charge in [0.2, 0.25) is 10.0 Å². The van der Waals surface area contributed by atoms with Gasteiger partial charge in [0.05, 0.1) is 11.5 Å². The third kappa shape index (κ3) is 3.75. The van der Waals surface area contributed by atoms with Crippen LogP contribution in [0.5, 0.6) is 0 Å². The molecule has 2 heterocycles. The monoisotopic (exact) mass is 375 g/mol. The number of pyridine rings is 1. The molecular weight excluding hydrogens is 350 g/mol. The molecule has 0 radical (unpaired) electrons. The van der Waals surface area contributed by atoms with Gasteiger partial charge >= 0.3 is 0 Å². The van der Waals surface area contributed by atoms with Gasteiger partial charge in [-0.15, -0.1) is 0 Å². The van der Waals surface area contributed by atoms with Gasteiger partial charge in [-0.25, -0.2) is 18.1 Å². The van der Waals surface area contributed by atoms with Crippen LogP contribution >= 0.6 is 0 Å². The van der Waals surface area contributed by atoms with Crippen LogP contribution in [0.15, 0.2) is 41.4 Å². The predicted octanol–water partition coefficient (Wildman–Crippen LogP) is 2.40. The molecule has 3 rings (SSSR count). The number of hydrogen-bond acceptors (Lipinski definition) is 5. The summed E-state index contributed by atoms with van der Waals surface area (Å²) in [6, 6.07) is 8.63. The summed E-state index contributed by atoms with van der Waals surface area (Å²) in [6.07, 6.45) is 2.66. The van der Waals surface area contributed by atoms with Crippen LogP contribution in [-0.2, 0) is 16.4 Å². The number of aromatic nitrogens is 1. The highest BCUT2D eigenvalue weighted by molar-refractivity contribution is 7.89. The molecule has 1 aromatic carbocycles. The van der Waals surface area contributed by atoms with Gasteiger partial charge < -0.3 is 10.4 Å². The lowest BCUT2D eigenvalue weighted by atomic mass is 9.99. The summed E-state index contributed by atoms with van der Waals surface area (Å²) >= 11 is 0. The Balaban J connectivity index is 1.87. The highest BCUT2D eigenvalue weighted by atomic mass is 32.2. The van der Waals surface area contributed by atoms with Crippen molar-refractivity contribution >= 4 is 15.8 Å². The number of nitrogens with one attached hydrogen (secondary N) is 2. The van der Waals surface area contributed by atoms with E-state index in [0.29, 0.717) is 6.04 Å². The molecule has 0 spiro atoms. The molecule has 140 valence electrons. The molecule has 0 saturated heterocycles. The zero-order valence-corrected chi connectivity index (χ0v) is 16.0. The molecule has 0 fully saturated rings. The van der Waals surface area contributed by atoms with E-state index in [4.69, 9.17) is 0 Å². The highest BCUT2D eigenvalue weighted by Gasteiger charge is 2.23. The molecule has 1 aliphatic rings. The number of rotatable bonds is 6. The summed E-state index contributed by atoms with van der Waals surface area (Å²) in [5.74, 6) is 0.902. The molecule has 6 nitrogen and oxygen atoms in total. The van der Waals surface area contributed by atoms with Crippen LogP contribution in [-0.4, -0.2) is 37.2 Å². The molecule has 2 atom stereocenters. The maximum atomic E-state index is 12.5. The van der Waals surface area contributed by atoms with Gasteiger partial charge in [0.15, 0.2) is 0 Å². The van der Waals surface area contributed by atoms with E-state index >= 15 is 0 Å². The highest BCUT2D eigenvalue weighted by Crippen LogP contribution is 2.33. The summed E-state index contributed by atoms with van der Waals surface area (Å²) in [4.78, 5) is 4.56. The summed E-state index contributed by atoms with van der Waals surface area (Å²) in [5, 5.41) is 12.7. The van der Waals surface area contributed by atoms with Gasteiger partial charge in [0.25, 0.3) is 0 Å². The van der Waals surface area contributed by atoms with Crippen LogP contribution in [0.3, 0.4) is 0 Å². The van der Waals surface area contributed by atoms with E-state index < -0.39 is 16.1 Å². The molecule has 0 saturated carbocycles. The van der Waals surface area contributed by atoms with Crippen molar-refractivity contribution < 1.29 is 13.5 Å². The van der Waals surface area contributed by atoms with Crippen LogP contribution in [0.25, 0.3) is 11.1 Å². The standard InChI is InChI=1S/C19H25N3O3S/c1-12(2)18(11-23)22-26(24,25)15-6-4-14(5-7-15)16-8-9-20-19-17(16)10-13(3)21-19/h4-9,12-13,18,22-23H,10-11H2,1-3H3,(H,20,21)/t13?,18-/m0/s1. The van der Waals surface area contributed by atoms with Crippen molar-refractivity contribution in [1.82, 2.24) is 9.71 Å². The zero-order chi connectivity index (χ0) is 18.9. The fourth-order valence-corrected chi connectivity index (χ4v) is 4.53. The average Bonchev–Trinajstić information content (AvgIpc) is 2.99. The van der Waals surface area contributed by atoms with Crippen molar-refractivity contribution in [2.75, 3.05) is 11.9 Å². The zero-order valence-electron chi connectivity index (χ0n) is 15.2. The van der Waals surface area contributed by atoms with Gasteiger partial charge in [-0.1, -0.05) is 26.0 Å². The lowest BCUT2D eigenvalue weighted by molar-refractivity contribution is 0.227. The first-order valence-electron chi connectivity index (χ1n) is 8.80. The Labute approximate surface area is 154 Å². The normalized spacial score (nSPS) is 17.8. The van der Waals surface area contributed by atoms with Crippen molar-refractivity contribution in [2.45, 2.75) is 44.2 Å². The van der Waals surface area contributed by atoms with Crippen molar-refractivity contribution in [3.63, 3.8) is 0 Å². The molecule has 1 aromatic heterocycles. The van der Waals surface area contributed by atoms with E-state index in [1.807, 2.05) is 32.0 Å². The molecule has 1 unspecified atom stereocenters. The van der Waals surface area contributed by atoms with E-state index in [0.717, 1.165) is 28.9 Å². The van der Waals surface area contributed by atoms with E-state index in [-0.39, 0.29) is 17.4 Å². The third-order valence-electron chi connectivity index (χ3n) is 4.73. The van der Waals surface area contributed by atoms with Crippen LogP contribution in [0.1, 0.15) is 26.3 Å². The largest absolute Gasteiger partial charge is 0.395 e. The summed E-state index contributed by atoms with van der Waals surface area (Å²) in [6.45, 7) is 5.61. The number of fused-ring (bicyclic) bond motifs is 1. The predicted molar refractivity (Wildman–Crippen MR) is 102 cm³/mol. The topological polar surface area (TPSA) is 91.3 Å². The van der Waals surface area contributed by atoms with E-state index in [2.05, 4.69) is 21.9 Å². The number of nitrogens with zero attached hydrogens (tertiary/aromatic N) is 1. The molecule has 26 heavy (non-hydrogen) atoms. The van der Waals surface area contributed by atoms with Crippen molar-refractivity contribution in [2.24, 2.45) is 5.92 Å². The molecule has 2 aromatic rings. The van der Waals surface area contributed by atoms with Gasteiger partial charge in [-0.3, -0.25) is 0 Å². The first kappa shape index (κ1) is 18.8. The number of benzene rings is 1. The van der Waals surface area contributed by atoms with Gasteiger partial charge in [0.1, 0.15) is 5.82 Å². The number of hydrogen-bond donors (Lipinski definition) is 3.